The minimum atomic E-state index is -0.783. The summed E-state index contributed by atoms with van der Waals surface area (Å²) in [5.41, 5.74) is 2.53. The normalized spacial score (nSPS) is 14.9. The summed E-state index contributed by atoms with van der Waals surface area (Å²) in [6, 6.07) is 7.61. The Hall–Kier alpha value is -2.91. The standard InChI is InChI=1S/C23H33N5O4/c1-3-4-5-22(29)25-18-6-7-21(19(16-18)20-8-9-24-26(20)2)32-15-14-27-10-12-28(13-11-27)17-23(30)31/h6-9,16H,3-5,10-15,17H2,1-2H3,(H,25,29)(H,30,31). The van der Waals surface area contributed by atoms with Crippen LogP contribution in [0.4, 0.5) is 5.69 Å². The van der Waals surface area contributed by atoms with Gasteiger partial charge >= 0.3 is 5.97 Å². The molecule has 2 N–H and O–H groups in total. The second kappa shape index (κ2) is 11.6. The molecule has 0 bridgehead atoms. The summed E-state index contributed by atoms with van der Waals surface area (Å²) in [4.78, 5) is 27.2. The molecule has 32 heavy (non-hydrogen) atoms. The third-order valence-electron chi connectivity index (χ3n) is 5.61. The SMILES string of the molecule is CCCCC(=O)Nc1ccc(OCCN2CCN(CC(=O)O)CC2)c(-c2ccnn2C)c1. The molecule has 9 nitrogen and oxygen atoms in total. The highest BCUT2D eigenvalue weighted by molar-refractivity contribution is 5.91. The summed E-state index contributed by atoms with van der Waals surface area (Å²) >= 11 is 0. The van der Waals surface area contributed by atoms with Gasteiger partial charge in [0.2, 0.25) is 5.91 Å². The molecular weight excluding hydrogens is 410 g/mol. The maximum Gasteiger partial charge on any atom is 0.317 e. The summed E-state index contributed by atoms with van der Waals surface area (Å²) < 4.78 is 7.92. The Morgan fingerprint density at radius 2 is 1.91 bits per heavy atom. The number of aliphatic carboxylic acids is 1. The van der Waals surface area contributed by atoms with Gasteiger partial charge in [-0.15, -0.1) is 0 Å². The Bertz CT molecular complexity index is 906. The molecule has 0 spiro atoms. The average Bonchev–Trinajstić information content (AvgIpc) is 3.19. The van der Waals surface area contributed by atoms with Crippen molar-refractivity contribution >= 4 is 17.6 Å². The minimum Gasteiger partial charge on any atom is -0.492 e. The zero-order valence-electron chi connectivity index (χ0n) is 18.9. The van der Waals surface area contributed by atoms with E-state index in [4.69, 9.17) is 9.84 Å². The maximum absolute atomic E-state index is 12.1. The Balaban J connectivity index is 1.61. The number of aromatic nitrogens is 2. The maximum atomic E-state index is 12.1. The number of hydrogen-bond donors (Lipinski definition) is 2. The molecule has 1 fully saturated rings. The first-order valence-electron chi connectivity index (χ1n) is 11.2. The highest BCUT2D eigenvalue weighted by Crippen LogP contribution is 2.32. The third kappa shape index (κ3) is 6.80. The van der Waals surface area contributed by atoms with Crippen LogP contribution in [0.15, 0.2) is 30.5 Å². The monoisotopic (exact) mass is 443 g/mol. The van der Waals surface area contributed by atoms with E-state index in [0.29, 0.717) is 13.0 Å². The summed E-state index contributed by atoms with van der Waals surface area (Å²) in [6.07, 6.45) is 4.10. The van der Waals surface area contributed by atoms with Crippen molar-refractivity contribution in [2.75, 3.05) is 51.2 Å². The van der Waals surface area contributed by atoms with Crippen LogP contribution < -0.4 is 10.1 Å². The first-order chi connectivity index (χ1) is 15.5. The highest BCUT2D eigenvalue weighted by Gasteiger charge is 2.19. The predicted molar refractivity (Wildman–Crippen MR) is 123 cm³/mol. The number of carboxylic acid groups (broad SMARTS) is 1. The Kier molecular flexibility index (Phi) is 8.64. The van der Waals surface area contributed by atoms with E-state index in [1.807, 2.05) is 36.2 Å². The number of piperazine rings is 1. The molecule has 3 rings (SSSR count). The van der Waals surface area contributed by atoms with Gasteiger partial charge in [-0.25, -0.2) is 0 Å². The van der Waals surface area contributed by atoms with Crippen LogP contribution in [0.25, 0.3) is 11.3 Å². The van der Waals surface area contributed by atoms with Gasteiger partial charge in [0.1, 0.15) is 12.4 Å². The summed E-state index contributed by atoms with van der Waals surface area (Å²) in [7, 11) is 1.88. The van der Waals surface area contributed by atoms with E-state index in [2.05, 4.69) is 22.2 Å². The number of rotatable bonds is 11. The summed E-state index contributed by atoms with van der Waals surface area (Å²) in [5.74, 6) is -0.0299. The molecule has 0 aliphatic carbocycles. The molecule has 0 unspecified atom stereocenters. The molecule has 0 atom stereocenters. The molecule has 0 saturated carbocycles. The van der Waals surface area contributed by atoms with Crippen LogP contribution in [-0.4, -0.2) is 82.4 Å². The Morgan fingerprint density at radius 1 is 1.16 bits per heavy atom. The van der Waals surface area contributed by atoms with Crippen LogP contribution in [0.3, 0.4) is 0 Å². The fourth-order valence-corrected chi connectivity index (χ4v) is 3.78. The van der Waals surface area contributed by atoms with E-state index >= 15 is 0 Å². The minimum absolute atomic E-state index is 0.0125. The van der Waals surface area contributed by atoms with Crippen LogP contribution in [-0.2, 0) is 16.6 Å². The van der Waals surface area contributed by atoms with Gasteiger partial charge in [-0.3, -0.25) is 24.1 Å². The van der Waals surface area contributed by atoms with E-state index in [1.54, 1.807) is 10.9 Å². The van der Waals surface area contributed by atoms with E-state index in [9.17, 15) is 9.59 Å². The number of nitrogens with one attached hydrogen (secondary N) is 1. The Morgan fingerprint density at radius 3 is 2.56 bits per heavy atom. The lowest BCUT2D eigenvalue weighted by atomic mass is 10.1. The van der Waals surface area contributed by atoms with Crippen molar-refractivity contribution < 1.29 is 19.4 Å². The summed E-state index contributed by atoms with van der Waals surface area (Å²) in [6.45, 7) is 6.60. The van der Waals surface area contributed by atoms with Crippen LogP contribution in [0.2, 0.25) is 0 Å². The molecular formula is C23H33N5O4. The van der Waals surface area contributed by atoms with Crippen molar-refractivity contribution in [3.63, 3.8) is 0 Å². The van der Waals surface area contributed by atoms with Crippen LogP contribution in [0.5, 0.6) is 5.75 Å². The average molecular weight is 444 g/mol. The van der Waals surface area contributed by atoms with Crippen molar-refractivity contribution in [3.05, 3.63) is 30.5 Å². The number of hydrogen-bond acceptors (Lipinski definition) is 6. The summed E-state index contributed by atoms with van der Waals surface area (Å²) in [5, 5.41) is 16.2. The van der Waals surface area contributed by atoms with Gasteiger partial charge < -0.3 is 15.2 Å². The molecule has 1 saturated heterocycles. The van der Waals surface area contributed by atoms with E-state index in [0.717, 1.165) is 68.3 Å². The number of carboxylic acids is 1. The lowest BCUT2D eigenvalue weighted by Crippen LogP contribution is -2.48. The van der Waals surface area contributed by atoms with Gasteiger partial charge in [0, 0.05) is 63.6 Å². The second-order valence-corrected chi connectivity index (χ2v) is 8.06. The fraction of sp³-hybridized carbons (Fsp3) is 0.522. The van der Waals surface area contributed by atoms with Gasteiger partial charge in [-0.05, 0) is 30.7 Å². The van der Waals surface area contributed by atoms with Crippen LogP contribution >= 0.6 is 0 Å². The molecule has 1 amide bonds. The number of aryl methyl sites for hydroxylation is 1. The zero-order valence-corrected chi connectivity index (χ0v) is 18.9. The second-order valence-electron chi connectivity index (χ2n) is 8.06. The number of carbonyl (C=O) groups is 2. The lowest BCUT2D eigenvalue weighted by molar-refractivity contribution is -0.138. The number of unbranched alkanes of at least 4 members (excludes halogenated alkanes) is 1. The van der Waals surface area contributed by atoms with Crippen LogP contribution in [0.1, 0.15) is 26.2 Å². The first-order valence-corrected chi connectivity index (χ1v) is 11.2. The van der Waals surface area contributed by atoms with Crippen molar-refractivity contribution in [2.45, 2.75) is 26.2 Å². The molecule has 1 aromatic carbocycles. The zero-order chi connectivity index (χ0) is 22.9. The predicted octanol–water partition coefficient (Wildman–Crippen LogP) is 2.30. The molecule has 1 aromatic heterocycles. The third-order valence-corrected chi connectivity index (χ3v) is 5.61. The smallest absolute Gasteiger partial charge is 0.317 e. The van der Waals surface area contributed by atoms with E-state index in [-0.39, 0.29) is 12.5 Å². The van der Waals surface area contributed by atoms with Gasteiger partial charge in [-0.1, -0.05) is 13.3 Å². The number of benzene rings is 1. The number of anilines is 1. The van der Waals surface area contributed by atoms with E-state index < -0.39 is 5.97 Å². The number of carbonyl (C=O) groups excluding carboxylic acids is 1. The van der Waals surface area contributed by atoms with Crippen molar-refractivity contribution in [3.8, 4) is 17.0 Å². The van der Waals surface area contributed by atoms with Crippen LogP contribution in [0, 0.1) is 0 Å². The quantitative estimate of drug-likeness (QED) is 0.550. The molecule has 9 heteroatoms. The van der Waals surface area contributed by atoms with Gasteiger partial charge in [0.25, 0.3) is 0 Å². The van der Waals surface area contributed by atoms with Gasteiger partial charge in [0.05, 0.1) is 12.2 Å². The lowest BCUT2D eigenvalue weighted by Gasteiger charge is -2.33. The van der Waals surface area contributed by atoms with Crippen molar-refractivity contribution in [2.24, 2.45) is 7.05 Å². The number of amides is 1. The largest absolute Gasteiger partial charge is 0.492 e. The molecule has 1 aliphatic heterocycles. The molecule has 2 heterocycles. The molecule has 0 radical (unpaired) electrons. The first kappa shape index (κ1) is 23.7. The number of ether oxygens (including phenoxy) is 1. The van der Waals surface area contributed by atoms with Crippen molar-refractivity contribution in [1.29, 1.82) is 0 Å². The Labute approximate surface area is 188 Å². The number of nitrogens with zero attached hydrogens (tertiary/aromatic N) is 4. The molecule has 174 valence electrons. The van der Waals surface area contributed by atoms with Gasteiger partial charge in [-0.2, -0.15) is 5.10 Å². The molecule has 2 aromatic rings. The highest BCUT2D eigenvalue weighted by atomic mass is 16.5. The molecule has 1 aliphatic rings. The van der Waals surface area contributed by atoms with Crippen molar-refractivity contribution in [1.82, 2.24) is 19.6 Å². The fourth-order valence-electron chi connectivity index (χ4n) is 3.78. The van der Waals surface area contributed by atoms with Gasteiger partial charge in [0.15, 0.2) is 0 Å². The topological polar surface area (TPSA) is 99.9 Å². The van der Waals surface area contributed by atoms with E-state index in [1.165, 1.54) is 0 Å².